The van der Waals surface area contributed by atoms with Crippen LogP contribution in [0.4, 0.5) is 0 Å². The van der Waals surface area contributed by atoms with Gasteiger partial charge in [0.2, 0.25) is 0 Å². The highest BCUT2D eigenvalue weighted by Crippen LogP contribution is 2.26. The minimum absolute atomic E-state index is 0.0403. The van der Waals surface area contributed by atoms with Crippen LogP contribution in [0.5, 0.6) is 5.75 Å². The Morgan fingerprint density at radius 2 is 2.29 bits per heavy atom. The monoisotopic (exact) mass is 371 g/mol. The lowest BCUT2D eigenvalue weighted by atomic mass is 10.1. The third-order valence-electron chi connectivity index (χ3n) is 2.85. The third-order valence-corrected chi connectivity index (χ3v) is 4.44. The normalized spacial score (nSPS) is 10.6. The summed E-state index contributed by atoms with van der Waals surface area (Å²) in [7, 11) is 1.57. The van der Waals surface area contributed by atoms with Crippen LogP contribution in [-0.2, 0) is 6.54 Å². The van der Waals surface area contributed by atoms with Crippen molar-refractivity contribution in [1.82, 2.24) is 14.8 Å². The highest BCUT2D eigenvalue weighted by atomic mass is 79.9. The maximum absolute atomic E-state index is 12.2. The summed E-state index contributed by atoms with van der Waals surface area (Å²) < 4.78 is 7.34. The number of rotatable bonds is 6. The minimum atomic E-state index is -0.264. The van der Waals surface area contributed by atoms with E-state index in [2.05, 4.69) is 26.1 Å². The molecule has 0 bridgehead atoms. The molecule has 1 N–H and O–H groups in total. The molecule has 0 amide bonds. The van der Waals surface area contributed by atoms with E-state index in [0.717, 1.165) is 4.47 Å². The fourth-order valence-electron chi connectivity index (χ4n) is 1.75. The number of nitrogens with zero attached hydrogens (tertiary/aromatic N) is 2. The maximum Gasteiger partial charge on any atom is 0.343 e. The van der Waals surface area contributed by atoms with Gasteiger partial charge in [0, 0.05) is 12.1 Å². The highest BCUT2D eigenvalue weighted by Gasteiger charge is 2.13. The molecule has 112 valence electrons. The second kappa shape index (κ2) is 6.95. The Hall–Kier alpha value is -1.54. The number of halogens is 1. The first-order chi connectivity index (χ1) is 10.1. The van der Waals surface area contributed by atoms with Gasteiger partial charge in [-0.2, -0.15) is 0 Å². The number of carbonyl (C=O) groups excluding carboxylic acids is 1. The van der Waals surface area contributed by atoms with Crippen LogP contribution < -0.4 is 10.4 Å². The van der Waals surface area contributed by atoms with E-state index >= 15 is 0 Å². The number of Topliss-reactive ketones (excluding diaryl/α,β-unsaturated/α-hetero) is 1. The van der Waals surface area contributed by atoms with Crippen molar-refractivity contribution in [2.45, 2.75) is 18.6 Å². The van der Waals surface area contributed by atoms with E-state index in [-0.39, 0.29) is 17.2 Å². The summed E-state index contributed by atoms with van der Waals surface area (Å²) in [5.74, 6) is 0.844. The van der Waals surface area contributed by atoms with Gasteiger partial charge in [0.15, 0.2) is 10.9 Å². The first kappa shape index (κ1) is 15.8. The molecule has 6 nitrogen and oxygen atoms in total. The SMILES string of the molecule is CCn1c(SCC(=O)c2ccc(OC)c(Br)c2)n[nH]c1=O. The second-order valence-electron chi connectivity index (χ2n) is 4.12. The van der Waals surface area contributed by atoms with E-state index in [9.17, 15) is 9.59 Å². The van der Waals surface area contributed by atoms with Crippen molar-refractivity contribution in [2.24, 2.45) is 0 Å². The number of aromatic nitrogens is 3. The standard InChI is InChI=1S/C13H14BrN3O3S/c1-3-17-12(19)15-16-13(17)21-7-10(18)8-4-5-11(20-2)9(14)6-8/h4-6H,3,7H2,1-2H3,(H,15,19). The molecule has 21 heavy (non-hydrogen) atoms. The van der Waals surface area contributed by atoms with Crippen LogP contribution in [0.1, 0.15) is 17.3 Å². The summed E-state index contributed by atoms with van der Waals surface area (Å²) in [4.78, 5) is 23.6. The molecule has 0 aliphatic carbocycles. The number of ether oxygens (including phenoxy) is 1. The third kappa shape index (κ3) is 3.56. The molecule has 0 saturated carbocycles. The zero-order chi connectivity index (χ0) is 15.4. The van der Waals surface area contributed by atoms with Crippen molar-refractivity contribution < 1.29 is 9.53 Å². The van der Waals surface area contributed by atoms with E-state index in [0.29, 0.717) is 23.0 Å². The predicted octanol–water partition coefficient (Wildman–Crippen LogP) is 2.34. The van der Waals surface area contributed by atoms with E-state index in [1.807, 2.05) is 6.92 Å². The van der Waals surface area contributed by atoms with Crippen molar-refractivity contribution in [3.8, 4) is 5.75 Å². The number of aromatic amines is 1. The summed E-state index contributed by atoms with van der Waals surface area (Å²) in [5.41, 5.74) is 0.316. The number of benzene rings is 1. The number of nitrogens with one attached hydrogen (secondary N) is 1. The second-order valence-corrected chi connectivity index (χ2v) is 5.91. The molecule has 0 aliphatic heterocycles. The van der Waals surface area contributed by atoms with Crippen molar-refractivity contribution >= 4 is 33.5 Å². The number of hydrogen-bond acceptors (Lipinski definition) is 5. The number of methoxy groups -OCH3 is 1. The molecule has 0 aliphatic rings. The Morgan fingerprint density at radius 3 is 2.90 bits per heavy atom. The quantitative estimate of drug-likeness (QED) is 0.622. The summed E-state index contributed by atoms with van der Waals surface area (Å²) in [6, 6.07) is 5.17. The van der Waals surface area contributed by atoms with Gasteiger partial charge in [-0.3, -0.25) is 9.36 Å². The molecule has 1 heterocycles. The summed E-state index contributed by atoms with van der Waals surface area (Å²) in [6.45, 7) is 2.36. The fourth-order valence-corrected chi connectivity index (χ4v) is 3.19. The van der Waals surface area contributed by atoms with Crippen LogP contribution in [0, 0.1) is 0 Å². The van der Waals surface area contributed by atoms with Crippen molar-refractivity contribution in [3.05, 3.63) is 38.7 Å². The summed E-state index contributed by atoms with van der Waals surface area (Å²) in [6.07, 6.45) is 0. The van der Waals surface area contributed by atoms with Crippen molar-refractivity contribution in [3.63, 3.8) is 0 Å². The molecule has 1 aromatic carbocycles. The maximum atomic E-state index is 12.2. The molecule has 0 spiro atoms. The van der Waals surface area contributed by atoms with E-state index < -0.39 is 0 Å². The van der Waals surface area contributed by atoms with Crippen LogP contribution in [0.3, 0.4) is 0 Å². The molecule has 2 aromatic rings. The number of carbonyl (C=O) groups is 1. The Labute approximate surface area is 134 Å². The van der Waals surface area contributed by atoms with Crippen molar-refractivity contribution in [2.75, 3.05) is 12.9 Å². The van der Waals surface area contributed by atoms with E-state index in [1.54, 1.807) is 25.3 Å². The van der Waals surface area contributed by atoms with Crippen LogP contribution in [0.2, 0.25) is 0 Å². The first-order valence-corrected chi connectivity index (χ1v) is 7.99. The van der Waals surface area contributed by atoms with Gasteiger partial charge in [0.05, 0.1) is 17.3 Å². The molecule has 0 fully saturated rings. The summed E-state index contributed by atoms with van der Waals surface area (Å²) >= 11 is 4.59. The highest BCUT2D eigenvalue weighted by molar-refractivity contribution is 9.10. The average Bonchev–Trinajstić information content (AvgIpc) is 2.84. The zero-order valence-corrected chi connectivity index (χ0v) is 14.0. The van der Waals surface area contributed by atoms with Crippen LogP contribution in [0.15, 0.2) is 32.6 Å². The molecule has 0 atom stereocenters. The van der Waals surface area contributed by atoms with Crippen LogP contribution in [-0.4, -0.2) is 33.4 Å². The van der Waals surface area contributed by atoms with E-state index in [4.69, 9.17) is 4.74 Å². The lowest BCUT2D eigenvalue weighted by Gasteiger charge is -2.06. The first-order valence-electron chi connectivity index (χ1n) is 6.21. The minimum Gasteiger partial charge on any atom is -0.496 e. The number of thioether (sulfide) groups is 1. The van der Waals surface area contributed by atoms with Crippen LogP contribution >= 0.6 is 27.7 Å². The topological polar surface area (TPSA) is 77.0 Å². The van der Waals surface area contributed by atoms with Crippen molar-refractivity contribution in [1.29, 1.82) is 0 Å². The number of hydrogen-bond donors (Lipinski definition) is 1. The Balaban J connectivity index is 2.08. The average molecular weight is 372 g/mol. The molecule has 0 saturated heterocycles. The van der Waals surface area contributed by atoms with Gasteiger partial charge in [-0.1, -0.05) is 11.8 Å². The Morgan fingerprint density at radius 1 is 1.52 bits per heavy atom. The van der Waals surface area contributed by atoms with Gasteiger partial charge < -0.3 is 4.74 Å². The molecular formula is C13H14BrN3O3S. The lowest BCUT2D eigenvalue weighted by Crippen LogP contribution is -2.16. The Kier molecular flexibility index (Phi) is 5.24. The van der Waals surface area contributed by atoms with Crippen LogP contribution in [0.25, 0.3) is 0 Å². The van der Waals surface area contributed by atoms with Gasteiger partial charge in [-0.25, -0.2) is 9.89 Å². The molecule has 2 rings (SSSR count). The molecule has 0 unspecified atom stereocenters. The smallest absolute Gasteiger partial charge is 0.343 e. The predicted molar refractivity (Wildman–Crippen MR) is 84.3 cm³/mol. The van der Waals surface area contributed by atoms with Gasteiger partial charge in [-0.15, -0.1) is 5.10 Å². The Bertz CT molecular complexity index is 711. The lowest BCUT2D eigenvalue weighted by molar-refractivity contribution is 0.102. The number of ketones is 1. The summed E-state index contributed by atoms with van der Waals surface area (Å²) in [5, 5.41) is 6.80. The van der Waals surface area contributed by atoms with Gasteiger partial charge in [0.1, 0.15) is 5.75 Å². The molecule has 8 heteroatoms. The molecular weight excluding hydrogens is 358 g/mol. The van der Waals surface area contributed by atoms with Gasteiger partial charge in [0.25, 0.3) is 0 Å². The van der Waals surface area contributed by atoms with Gasteiger partial charge in [-0.05, 0) is 41.1 Å². The van der Waals surface area contributed by atoms with Gasteiger partial charge >= 0.3 is 5.69 Å². The number of H-pyrrole nitrogens is 1. The molecule has 0 radical (unpaired) electrons. The zero-order valence-electron chi connectivity index (χ0n) is 11.6. The molecule has 1 aromatic heterocycles. The fraction of sp³-hybridized carbons (Fsp3) is 0.308. The van der Waals surface area contributed by atoms with E-state index in [1.165, 1.54) is 16.3 Å². The largest absolute Gasteiger partial charge is 0.496 e.